The van der Waals surface area contributed by atoms with Crippen LogP contribution >= 0.6 is 0 Å². The molecule has 3 nitrogen and oxygen atoms in total. The molecule has 0 aliphatic heterocycles. The number of nitrogens with zero attached hydrogens (tertiary/aromatic N) is 1. The van der Waals surface area contributed by atoms with Crippen molar-refractivity contribution in [2.24, 2.45) is 0 Å². The number of fused-ring (bicyclic) bond motifs is 1. The van der Waals surface area contributed by atoms with Crippen LogP contribution in [-0.2, 0) is 11.2 Å². The molecule has 2 aromatic rings. The van der Waals surface area contributed by atoms with Crippen LogP contribution in [0.1, 0.15) is 30.9 Å². The molecule has 0 radical (unpaired) electrons. The lowest BCUT2D eigenvalue weighted by atomic mass is 10.0. The summed E-state index contributed by atoms with van der Waals surface area (Å²) in [5.41, 5.74) is 2.92. The van der Waals surface area contributed by atoms with Gasteiger partial charge in [0.15, 0.2) is 0 Å². The molecule has 0 atom stereocenters. The summed E-state index contributed by atoms with van der Waals surface area (Å²) in [5.74, 6) is 0.159. The number of benzene rings is 1. The maximum atomic E-state index is 10.0. The van der Waals surface area contributed by atoms with Crippen molar-refractivity contribution in [1.29, 1.82) is 0 Å². The Labute approximate surface area is 114 Å². The SMILES string of the molecule is CCCOCCCc1c(O)nc2ccccc2c1C. The molecule has 0 aliphatic carbocycles. The highest BCUT2D eigenvalue weighted by molar-refractivity contribution is 5.83. The number of pyridine rings is 1. The summed E-state index contributed by atoms with van der Waals surface area (Å²) in [6, 6.07) is 7.92. The van der Waals surface area contributed by atoms with Gasteiger partial charge in [0.1, 0.15) is 0 Å². The number of hydrogen-bond acceptors (Lipinski definition) is 3. The molecule has 0 amide bonds. The Hall–Kier alpha value is -1.61. The van der Waals surface area contributed by atoms with E-state index in [4.69, 9.17) is 4.74 Å². The molecular weight excluding hydrogens is 238 g/mol. The number of aryl methyl sites for hydroxylation is 1. The molecule has 0 saturated carbocycles. The molecule has 0 aliphatic rings. The summed E-state index contributed by atoms with van der Waals surface area (Å²) < 4.78 is 5.47. The van der Waals surface area contributed by atoms with Gasteiger partial charge in [-0.2, -0.15) is 0 Å². The van der Waals surface area contributed by atoms with Gasteiger partial charge < -0.3 is 9.84 Å². The third-order valence-corrected chi connectivity index (χ3v) is 3.32. The van der Waals surface area contributed by atoms with E-state index in [1.54, 1.807) is 0 Å². The van der Waals surface area contributed by atoms with E-state index in [9.17, 15) is 5.11 Å². The fourth-order valence-corrected chi connectivity index (χ4v) is 2.30. The lowest BCUT2D eigenvalue weighted by molar-refractivity contribution is 0.132. The quantitative estimate of drug-likeness (QED) is 0.806. The van der Waals surface area contributed by atoms with Gasteiger partial charge >= 0.3 is 0 Å². The summed E-state index contributed by atoms with van der Waals surface area (Å²) >= 11 is 0. The summed E-state index contributed by atoms with van der Waals surface area (Å²) in [6.07, 6.45) is 2.76. The minimum atomic E-state index is 0.159. The van der Waals surface area contributed by atoms with E-state index < -0.39 is 0 Å². The number of rotatable bonds is 6. The lowest BCUT2D eigenvalue weighted by Gasteiger charge is -2.11. The first kappa shape index (κ1) is 13.8. The molecular formula is C16H21NO2. The monoisotopic (exact) mass is 259 g/mol. The zero-order valence-corrected chi connectivity index (χ0v) is 11.6. The third-order valence-electron chi connectivity index (χ3n) is 3.32. The maximum absolute atomic E-state index is 10.0. The number of aromatic nitrogens is 1. The Morgan fingerprint density at radius 3 is 2.79 bits per heavy atom. The minimum Gasteiger partial charge on any atom is -0.493 e. The highest BCUT2D eigenvalue weighted by Gasteiger charge is 2.10. The molecule has 1 aromatic carbocycles. The molecule has 0 saturated heterocycles. The first-order chi connectivity index (χ1) is 9.24. The fourth-order valence-electron chi connectivity index (χ4n) is 2.30. The zero-order chi connectivity index (χ0) is 13.7. The van der Waals surface area contributed by atoms with E-state index in [0.29, 0.717) is 0 Å². The molecule has 1 N–H and O–H groups in total. The Morgan fingerprint density at radius 1 is 1.21 bits per heavy atom. The minimum absolute atomic E-state index is 0.159. The highest BCUT2D eigenvalue weighted by Crippen LogP contribution is 2.27. The zero-order valence-electron chi connectivity index (χ0n) is 11.6. The normalized spacial score (nSPS) is 11.1. The molecule has 0 unspecified atom stereocenters. The van der Waals surface area contributed by atoms with Crippen LogP contribution in [0.25, 0.3) is 10.9 Å². The second-order valence-corrected chi connectivity index (χ2v) is 4.77. The standard InChI is InChI=1S/C16H21NO2/c1-3-10-19-11-6-8-14-12(2)13-7-4-5-9-15(13)17-16(14)18/h4-5,7,9H,3,6,8,10-11H2,1-2H3,(H,17,18). The van der Waals surface area contributed by atoms with Crippen LogP contribution in [-0.4, -0.2) is 23.3 Å². The molecule has 3 heteroatoms. The van der Waals surface area contributed by atoms with E-state index in [1.165, 1.54) is 0 Å². The van der Waals surface area contributed by atoms with Crippen molar-refractivity contribution in [2.45, 2.75) is 33.1 Å². The van der Waals surface area contributed by atoms with Crippen molar-refractivity contribution in [3.8, 4) is 5.88 Å². The first-order valence-electron chi connectivity index (χ1n) is 6.89. The van der Waals surface area contributed by atoms with Crippen LogP contribution in [0.2, 0.25) is 0 Å². The molecule has 0 bridgehead atoms. The molecule has 0 spiro atoms. The van der Waals surface area contributed by atoms with Gasteiger partial charge in [-0.05, 0) is 37.8 Å². The average molecular weight is 259 g/mol. The van der Waals surface area contributed by atoms with Crippen molar-refractivity contribution >= 4 is 10.9 Å². The van der Waals surface area contributed by atoms with E-state index in [2.05, 4.69) is 11.9 Å². The average Bonchev–Trinajstić information content (AvgIpc) is 2.42. The van der Waals surface area contributed by atoms with E-state index in [1.807, 2.05) is 31.2 Å². The molecule has 19 heavy (non-hydrogen) atoms. The van der Waals surface area contributed by atoms with Gasteiger partial charge in [0.2, 0.25) is 5.88 Å². The molecule has 0 fully saturated rings. The predicted molar refractivity (Wildman–Crippen MR) is 77.6 cm³/mol. The van der Waals surface area contributed by atoms with Gasteiger partial charge in [0, 0.05) is 24.2 Å². The summed E-state index contributed by atoms with van der Waals surface area (Å²) in [5, 5.41) is 11.2. The van der Waals surface area contributed by atoms with Crippen molar-refractivity contribution in [3.05, 3.63) is 35.4 Å². The summed E-state index contributed by atoms with van der Waals surface area (Å²) in [6.45, 7) is 5.69. The molecule has 1 aromatic heterocycles. The van der Waals surface area contributed by atoms with E-state index >= 15 is 0 Å². The van der Waals surface area contributed by atoms with Gasteiger partial charge in [-0.15, -0.1) is 0 Å². The van der Waals surface area contributed by atoms with Crippen LogP contribution in [0, 0.1) is 6.92 Å². The predicted octanol–water partition coefficient (Wildman–Crippen LogP) is 3.61. The van der Waals surface area contributed by atoms with Crippen LogP contribution in [0.15, 0.2) is 24.3 Å². The Bertz CT molecular complexity index is 552. The molecule has 2 rings (SSSR count). The van der Waals surface area contributed by atoms with Crippen molar-refractivity contribution in [2.75, 3.05) is 13.2 Å². The lowest BCUT2D eigenvalue weighted by Crippen LogP contribution is -2.00. The summed E-state index contributed by atoms with van der Waals surface area (Å²) in [4.78, 5) is 4.27. The van der Waals surface area contributed by atoms with Gasteiger partial charge in [-0.25, -0.2) is 4.98 Å². The van der Waals surface area contributed by atoms with Gasteiger partial charge in [-0.3, -0.25) is 0 Å². The van der Waals surface area contributed by atoms with Crippen LogP contribution < -0.4 is 0 Å². The first-order valence-corrected chi connectivity index (χ1v) is 6.89. The van der Waals surface area contributed by atoms with Gasteiger partial charge in [-0.1, -0.05) is 25.1 Å². The van der Waals surface area contributed by atoms with Gasteiger partial charge in [0.25, 0.3) is 0 Å². The van der Waals surface area contributed by atoms with Crippen LogP contribution in [0.4, 0.5) is 0 Å². The second-order valence-electron chi connectivity index (χ2n) is 4.77. The van der Waals surface area contributed by atoms with Crippen LogP contribution in [0.3, 0.4) is 0 Å². The smallest absolute Gasteiger partial charge is 0.214 e. The number of para-hydroxylation sites is 1. The summed E-state index contributed by atoms with van der Waals surface area (Å²) in [7, 11) is 0. The topological polar surface area (TPSA) is 42.4 Å². The van der Waals surface area contributed by atoms with Crippen molar-refractivity contribution in [3.63, 3.8) is 0 Å². The van der Waals surface area contributed by atoms with Crippen molar-refractivity contribution < 1.29 is 9.84 Å². The van der Waals surface area contributed by atoms with Crippen LogP contribution in [0.5, 0.6) is 5.88 Å². The maximum Gasteiger partial charge on any atom is 0.214 e. The highest BCUT2D eigenvalue weighted by atomic mass is 16.5. The van der Waals surface area contributed by atoms with Crippen molar-refractivity contribution in [1.82, 2.24) is 4.98 Å². The number of ether oxygens (including phenoxy) is 1. The van der Waals surface area contributed by atoms with Gasteiger partial charge in [0.05, 0.1) is 5.52 Å². The van der Waals surface area contributed by atoms with E-state index in [-0.39, 0.29) is 5.88 Å². The second kappa shape index (κ2) is 6.53. The largest absolute Gasteiger partial charge is 0.493 e. The number of hydrogen-bond donors (Lipinski definition) is 1. The Kier molecular flexibility index (Phi) is 4.74. The molecule has 102 valence electrons. The third kappa shape index (κ3) is 3.24. The Morgan fingerprint density at radius 2 is 2.00 bits per heavy atom. The Balaban J connectivity index is 2.14. The number of aromatic hydroxyl groups is 1. The fraction of sp³-hybridized carbons (Fsp3) is 0.438. The van der Waals surface area contributed by atoms with E-state index in [0.717, 1.165) is 54.5 Å². The molecule has 1 heterocycles.